The molecule has 2 unspecified atom stereocenters. The number of H-pyrrole nitrogens is 2. The van der Waals surface area contributed by atoms with E-state index in [0.29, 0.717) is 5.56 Å². The third-order valence-electron chi connectivity index (χ3n) is 16.5. The van der Waals surface area contributed by atoms with Gasteiger partial charge in [0.2, 0.25) is 0 Å². The zero-order chi connectivity index (χ0) is 70.2. The Morgan fingerprint density at radius 2 is 1.19 bits per heavy atom. The number of aromatic nitrogens is 18. The van der Waals surface area contributed by atoms with Gasteiger partial charge in [-0.05, 0) is 25.0 Å². The number of rotatable bonds is 9. The van der Waals surface area contributed by atoms with Crippen molar-refractivity contribution in [1.29, 1.82) is 5.26 Å². The minimum atomic E-state index is -4.90. The van der Waals surface area contributed by atoms with Gasteiger partial charge in [0.1, 0.15) is 54.8 Å². The first-order valence-electron chi connectivity index (χ1n) is 29.9. The third kappa shape index (κ3) is 14.2. The number of ether oxygens (including phenoxy) is 4. The van der Waals surface area contributed by atoms with Crippen LogP contribution >= 0.6 is 15.3 Å². The normalized spacial score (nSPS) is 32.6. The van der Waals surface area contributed by atoms with Crippen molar-refractivity contribution in [2.24, 2.45) is 0 Å². The first kappa shape index (κ1) is 71.7. The molecule has 0 bridgehead atoms. The van der Waals surface area contributed by atoms with Crippen molar-refractivity contribution in [3.05, 3.63) is 94.6 Å². The van der Waals surface area contributed by atoms with Gasteiger partial charge in [-0.1, -0.05) is 28.6 Å². The minimum absolute atomic E-state index is 0. The maximum Gasteiger partial charge on any atom is 1.00 e. The SMILES string of the molecule is CP1(=O)NC[C@H]2O[C@@H](n3cnc4c(N)ncnc43)[C@H](F)[C@@H]2OS(=O)(=O)CC[C@H]2O[C@@H](n3nnc4c(=O)[nH]cnc43)[C@H](F)[C@@H]2O1.N#CCCOP1(=O)OC[C@H]2O[C@@H](n3cnc4c(NC(=O)c5ccccc5)ncnc43)[C@H](F)[C@@H]2OS(=O)(=O)CC[C@H]2O[C@@H](n3nnc4c(=O)[nH]cnc43)[C@H](F)[C@@H]2O1.[Na+]. The molecule has 41 nitrogen and oxygen atoms in total. The zero-order valence-electron chi connectivity index (χ0n) is 51.9. The summed E-state index contributed by atoms with van der Waals surface area (Å²) in [6, 6.07) is 10.0. The van der Waals surface area contributed by atoms with Gasteiger partial charge in [-0.15, -0.1) is 10.2 Å². The number of nitrogen functional groups attached to an aromatic ring is 1. The Labute approximate surface area is 584 Å². The van der Waals surface area contributed by atoms with Crippen molar-refractivity contribution in [1.82, 2.24) is 94.0 Å². The monoisotopic (exact) mass is 1500 g/mol. The summed E-state index contributed by atoms with van der Waals surface area (Å²) in [6.45, 7) is -0.630. The zero-order valence-corrected chi connectivity index (χ0v) is 57.3. The van der Waals surface area contributed by atoms with Gasteiger partial charge in [0.05, 0.1) is 74.7 Å². The summed E-state index contributed by atoms with van der Waals surface area (Å²) in [5.74, 6) is -2.10. The Balaban J connectivity index is 0.000000184. The molecule has 6 aliphatic rings. The van der Waals surface area contributed by atoms with Crippen LogP contribution in [0.2, 0.25) is 0 Å². The van der Waals surface area contributed by atoms with Crippen LogP contribution < -0.4 is 56.8 Å². The van der Waals surface area contributed by atoms with Gasteiger partial charge >= 0.3 is 37.4 Å². The molecule has 6 fully saturated rings. The number of alkyl halides is 4. The standard InChI is InChI=1S/C30H28F2N11O11PS.C21H24F2N11O8PS.Na/c31-18-22-16(51-30(18)43-26-21(40-41-43)28(45)37-13-36-26)7-10-56(47,48)54-23-17(11-50-55(46,53-22)49-9-4-8-33)52-29(19(23)32)42-14-38-20-24(34-12-35-25(20)42)39-27(44)15-5-2-1-3-6-15;1-43(36)30-4-9-15(11(23)20(40-9)33-7-29-12-16(24)25-5-26-17(12)33)42-44(37,38)3-2-8-14(41-43)10(22)21(39-8)34-18-13(31-32-34)19(35)28-6-27-18;/h1-3,5-6,12-14,16-19,22-23,29-30H,4,7,9-11H2,(H,36,37,45)(H,34,35,39,44);5-11,14-15,20-21H,2-4H2,1H3,(H,30,36)(H2,24,25,26)(H,27,28,35);/q;;+1/t16-,17-,18-,19-,22-,23-,29-,30-,55?;8-,9-,10-,11-,14-,15-,20-,21-,43?;/m11./s1. The van der Waals surface area contributed by atoms with E-state index in [0.717, 1.165) is 45.6 Å². The van der Waals surface area contributed by atoms with Crippen molar-refractivity contribution in [2.45, 2.75) is 118 Å². The van der Waals surface area contributed by atoms with E-state index in [9.17, 15) is 40.3 Å². The number of nitrogens with zero attached hydrogens (tertiary/aromatic N) is 17. The molecule has 18 atom stereocenters. The van der Waals surface area contributed by atoms with Gasteiger partial charge in [0.25, 0.3) is 44.8 Å². The largest absolute Gasteiger partial charge is 1.00 e. The number of benzene rings is 1. The number of aromatic amines is 2. The summed E-state index contributed by atoms with van der Waals surface area (Å²) >= 11 is 0. The maximum atomic E-state index is 16.5. The van der Waals surface area contributed by atoms with E-state index in [1.54, 1.807) is 36.4 Å². The number of nitrogens with two attached hydrogens (primary N) is 1. The van der Waals surface area contributed by atoms with Gasteiger partial charge in [-0.25, -0.2) is 67.1 Å². The van der Waals surface area contributed by atoms with Gasteiger partial charge in [-0.2, -0.15) is 31.5 Å². The summed E-state index contributed by atoms with van der Waals surface area (Å²) in [5.41, 5.74) is 4.47. The average Bonchev–Trinajstić information content (AvgIpc) is 1.63. The molecule has 15 rings (SSSR count). The summed E-state index contributed by atoms with van der Waals surface area (Å²) < 4.78 is 206. The van der Waals surface area contributed by atoms with Crippen molar-refractivity contribution in [2.75, 3.05) is 49.0 Å². The number of hydrogen-bond donors (Lipinski definition) is 5. The second-order valence-electron chi connectivity index (χ2n) is 22.9. The number of imidazole rings is 2. The Morgan fingerprint density at radius 1 is 0.673 bits per heavy atom. The molecule has 6 aliphatic heterocycles. The second-order valence-corrected chi connectivity index (χ2v) is 30.2. The van der Waals surface area contributed by atoms with Crippen LogP contribution in [0.25, 0.3) is 44.7 Å². The molecule has 14 heterocycles. The van der Waals surface area contributed by atoms with Crippen LogP contribution in [-0.2, 0) is 74.8 Å². The number of halogens is 4. The first-order chi connectivity index (χ1) is 47.9. The Bertz CT molecular complexity index is 5130. The molecule has 0 spiro atoms. The van der Waals surface area contributed by atoms with Crippen LogP contribution in [0.3, 0.4) is 0 Å². The molecule has 0 radical (unpaired) electrons. The van der Waals surface area contributed by atoms with Crippen LogP contribution in [0.15, 0.2) is 77.9 Å². The number of nitriles is 1. The Hall–Kier alpha value is -7.72. The van der Waals surface area contributed by atoms with E-state index in [-0.39, 0.29) is 92.3 Å². The molecule has 101 heavy (non-hydrogen) atoms. The maximum absolute atomic E-state index is 16.5. The van der Waals surface area contributed by atoms with E-state index in [1.807, 2.05) is 0 Å². The number of amides is 1. The number of carbonyl (C=O) groups is 1. The van der Waals surface area contributed by atoms with E-state index < -0.39 is 195 Å². The molecule has 0 saturated carbocycles. The molecule has 9 aromatic rings. The predicted molar refractivity (Wildman–Crippen MR) is 324 cm³/mol. The van der Waals surface area contributed by atoms with Crippen molar-refractivity contribution in [3.63, 3.8) is 0 Å². The van der Waals surface area contributed by atoms with Crippen molar-refractivity contribution >= 4 is 97.8 Å². The molecule has 6 N–H and O–H groups in total. The summed E-state index contributed by atoms with van der Waals surface area (Å²) in [5, 5.41) is 29.3. The van der Waals surface area contributed by atoms with Crippen molar-refractivity contribution in [3.8, 4) is 6.07 Å². The molecule has 50 heteroatoms. The molecule has 1 amide bonds. The first-order valence-corrected chi connectivity index (χ1v) is 36.6. The van der Waals surface area contributed by atoms with E-state index in [4.69, 9.17) is 56.4 Å². The number of fused-ring (bicyclic) bond motifs is 8. The van der Waals surface area contributed by atoms with Gasteiger partial charge in [0.15, 0.2) is 100 Å². The number of carbonyl (C=O) groups excluding carboxylic acids is 1. The number of anilines is 2. The van der Waals surface area contributed by atoms with E-state index in [2.05, 4.69) is 80.9 Å². The van der Waals surface area contributed by atoms with Gasteiger partial charge in [0, 0.05) is 18.8 Å². The van der Waals surface area contributed by atoms with Crippen LogP contribution in [0, 0.1) is 11.3 Å². The number of phosphoric acid groups is 1. The predicted octanol–water partition coefficient (Wildman–Crippen LogP) is -2.04. The van der Waals surface area contributed by atoms with Crippen LogP contribution in [-0.4, -0.2) is 223 Å². The molecular weight excluding hydrogens is 1450 g/mol. The van der Waals surface area contributed by atoms with Crippen molar-refractivity contribution < 1.29 is 123 Å². The molecule has 6 saturated heterocycles. The fourth-order valence-corrected chi connectivity index (χ4v) is 16.9. The summed E-state index contributed by atoms with van der Waals surface area (Å²) in [7, 11) is -17.9. The van der Waals surface area contributed by atoms with Crippen LogP contribution in [0.1, 0.15) is 54.5 Å². The van der Waals surface area contributed by atoms with E-state index >= 15 is 17.6 Å². The Kier molecular flexibility index (Phi) is 20.2. The molecule has 8 aromatic heterocycles. The van der Waals surface area contributed by atoms with Gasteiger partial charge < -0.3 is 44.5 Å². The number of phosphoric ester groups is 1. The number of nitrogens with one attached hydrogen (secondary N) is 4. The number of hydrogen-bond acceptors (Lipinski definition) is 33. The summed E-state index contributed by atoms with van der Waals surface area (Å²) in [4.78, 5) is 74.1. The molecular formula is C51H52F4N22NaO19P2S2+. The topological polar surface area (TPSA) is 526 Å². The van der Waals surface area contributed by atoms with Crippen LogP contribution in [0.4, 0.5) is 29.2 Å². The molecule has 530 valence electrons. The average molecular weight is 1500 g/mol. The molecule has 1 aromatic carbocycles. The quantitative estimate of drug-likeness (QED) is 0.0342. The molecule has 0 aliphatic carbocycles. The summed E-state index contributed by atoms with van der Waals surface area (Å²) in [6.07, 6.45) is -22.3. The fraction of sp³-hybridized carbons (Fsp3) is 0.490. The Morgan fingerprint density at radius 3 is 1.77 bits per heavy atom. The van der Waals surface area contributed by atoms with Crippen LogP contribution in [0.5, 0.6) is 0 Å². The minimum Gasteiger partial charge on any atom is -0.382 e. The fourth-order valence-electron chi connectivity index (χ4n) is 11.8. The second kappa shape index (κ2) is 28.5. The smallest absolute Gasteiger partial charge is 0.382 e. The third-order valence-corrected chi connectivity index (χ3v) is 21.9. The van der Waals surface area contributed by atoms with E-state index in [1.165, 1.54) is 17.6 Å². The van der Waals surface area contributed by atoms with Gasteiger partial charge in [-0.3, -0.25) is 50.0 Å².